The maximum Gasteiger partial charge on any atom is 0.229 e. The van der Waals surface area contributed by atoms with Crippen LogP contribution in [-0.2, 0) is 9.59 Å². The molecule has 1 atom stereocenters. The first-order valence-corrected chi connectivity index (χ1v) is 12.0. The van der Waals surface area contributed by atoms with Crippen molar-refractivity contribution in [3.05, 3.63) is 66.0 Å². The molecule has 2 amide bonds. The molecule has 8 heteroatoms. The van der Waals surface area contributed by atoms with Gasteiger partial charge in [0.2, 0.25) is 11.8 Å². The van der Waals surface area contributed by atoms with Gasteiger partial charge in [-0.25, -0.2) is 9.97 Å². The van der Waals surface area contributed by atoms with E-state index in [0.717, 1.165) is 41.7 Å². The Hall–Kier alpha value is -3.94. The van der Waals surface area contributed by atoms with Crippen LogP contribution in [0.15, 0.2) is 54.6 Å². The van der Waals surface area contributed by atoms with Crippen LogP contribution in [0.2, 0.25) is 0 Å². The van der Waals surface area contributed by atoms with Crippen molar-refractivity contribution in [1.82, 2.24) is 9.97 Å². The number of aryl methyl sites for hydroxylation is 2. The van der Waals surface area contributed by atoms with E-state index in [9.17, 15) is 9.59 Å². The normalized spacial score (nSPS) is 15.3. The van der Waals surface area contributed by atoms with E-state index in [-0.39, 0.29) is 24.2 Å². The lowest BCUT2D eigenvalue weighted by Crippen LogP contribution is -2.28. The molecule has 182 valence electrons. The minimum Gasteiger partial charge on any atom is -0.357 e. The van der Waals surface area contributed by atoms with Crippen LogP contribution in [0.1, 0.15) is 31.7 Å². The number of hydrogen-bond donors (Lipinski definition) is 2. The molecule has 0 aliphatic carbocycles. The standard InChI is InChI=1S/C27H32N6O2/c1-5-32(6-2)25-16-24(28-19(4)29-25)30-21-9-11-22(12-10-21)31-27(35)20-15-26(34)33(17-20)23-13-7-18(3)8-14-23/h7-14,16,20H,5-6,15,17H2,1-4H3,(H,31,35)(H,28,29,30). The van der Waals surface area contributed by atoms with E-state index in [2.05, 4.69) is 39.3 Å². The molecule has 35 heavy (non-hydrogen) atoms. The van der Waals surface area contributed by atoms with Gasteiger partial charge in [0.25, 0.3) is 0 Å². The third-order valence-corrected chi connectivity index (χ3v) is 6.18. The van der Waals surface area contributed by atoms with Crippen molar-refractivity contribution in [2.75, 3.05) is 40.1 Å². The molecule has 3 aromatic rings. The van der Waals surface area contributed by atoms with Gasteiger partial charge in [-0.1, -0.05) is 17.7 Å². The second kappa shape index (κ2) is 10.5. The summed E-state index contributed by atoms with van der Waals surface area (Å²) >= 11 is 0. The number of rotatable bonds is 8. The molecule has 1 aromatic heterocycles. The van der Waals surface area contributed by atoms with Gasteiger partial charge in [0.1, 0.15) is 17.5 Å². The minimum absolute atomic E-state index is 0.0298. The van der Waals surface area contributed by atoms with Crippen molar-refractivity contribution in [3.63, 3.8) is 0 Å². The molecular formula is C27H32N6O2. The smallest absolute Gasteiger partial charge is 0.229 e. The highest BCUT2D eigenvalue weighted by Crippen LogP contribution is 2.27. The van der Waals surface area contributed by atoms with Gasteiger partial charge in [-0.05, 0) is 64.1 Å². The van der Waals surface area contributed by atoms with E-state index in [1.165, 1.54) is 0 Å². The van der Waals surface area contributed by atoms with Gasteiger partial charge in [0, 0.05) is 49.2 Å². The zero-order chi connectivity index (χ0) is 24.9. The molecule has 2 aromatic carbocycles. The van der Waals surface area contributed by atoms with E-state index < -0.39 is 0 Å². The molecule has 1 fully saturated rings. The number of carbonyl (C=O) groups excluding carboxylic acids is 2. The summed E-state index contributed by atoms with van der Waals surface area (Å²) in [4.78, 5) is 38.2. The lowest BCUT2D eigenvalue weighted by Gasteiger charge is -2.20. The third kappa shape index (κ3) is 5.77. The fourth-order valence-corrected chi connectivity index (χ4v) is 4.21. The number of carbonyl (C=O) groups is 2. The van der Waals surface area contributed by atoms with Crippen LogP contribution in [0, 0.1) is 19.8 Å². The van der Waals surface area contributed by atoms with Gasteiger partial charge in [-0.3, -0.25) is 9.59 Å². The van der Waals surface area contributed by atoms with E-state index in [4.69, 9.17) is 0 Å². The first-order chi connectivity index (χ1) is 16.9. The second-order valence-electron chi connectivity index (χ2n) is 8.76. The molecule has 1 aliphatic rings. The first kappa shape index (κ1) is 24.2. The Morgan fingerprint density at radius 3 is 2.31 bits per heavy atom. The Labute approximate surface area is 206 Å². The number of amides is 2. The van der Waals surface area contributed by atoms with Crippen LogP contribution >= 0.6 is 0 Å². The van der Waals surface area contributed by atoms with Crippen LogP contribution in [0.3, 0.4) is 0 Å². The molecule has 8 nitrogen and oxygen atoms in total. The highest BCUT2D eigenvalue weighted by Gasteiger charge is 2.35. The summed E-state index contributed by atoms with van der Waals surface area (Å²) in [6.45, 7) is 10.2. The molecule has 0 bridgehead atoms. The number of benzene rings is 2. The monoisotopic (exact) mass is 472 g/mol. The summed E-state index contributed by atoms with van der Waals surface area (Å²) in [5, 5.41) is 6.26. The van der Waals surface area contributed by atoms with Crippen molar-refractivity contribution in [3.8, 4) is 0 Å². The maximum atomic E-state index is 12.8. The zero-order valence-corrected chi connectivity index (χ0v) is 20.7. The Morgan fingerprint density at radius 1 is 1.00 bits per heavy atom. The van der Waals surface area contributed by atoms with Crippen molar-refractivity contribution in [2.45, 2.75) is 34.1 Å². The molecule has 4 rings (SSSR count). The fourth-order valence-electron chi connectivity index (χ4n) is 4.21. The fraction of sp³-hybridized carbons (Fsp3) is 0.333. The Balaban J connectivity index is 1.38. The summed E-state index contributed by atoms with van der Waals surface area (Å²) in [7, 11) is 0. The third-order valence-electron chi connectivity index (χ3n) is 6.18. The lowest BCUT2D eigenvalue weighted by molar-refractivity contribution is -0.122. The van der Waals surface area contributed by atoms with Crippen LogP contribution in [0.25, 0.3) is 0 Å². The summed E-state index contributed by atoms with van der Waals surface area (Å²) in [6.07, 6.45) is 0.210. The van der Waals surface area contributed by atoms with Gasteiger partial charge in [-0.15, -0.1) is 0 Å². The number of nitrogens with one attached hydrogen (secondary N) is 2. The van der Waals surface area contributed by atoms with Gasteiger partial charge in [0.05, 0.1) is 5.92 Å². The zero-order valence-electron chi connectivity index (χ0n) is 20.7. The van der Waals surface area contributed by atoms with Crippen LogP contribution in [0.5, 0.6) is 0 Å². The SMILES string of the molecule is CCN(CC)c1cc(Nc2ccc(NC(=O)C3CC(=O)N(c4ccc(C)cc4)C3)cc2)nc(C)n1. The first-order valence-electron chi connectivity index (χ1n) is 12.0. The lowest BCUT2D eigenvalue weighted by atomic mass is 10.1. The summed E-state index contributed by atoms with van der Waals surface area (Å²) in [5.41, 5.74) is 3.50. The predicted octanol–water partition coefficient (Wildman–Crippen LogP) is 4.67. The molecule has 0 radical (unpaired) electrons. The Morgan fingerprint density at radius 2 is 1.66 bits per heavy atom. The summed E-state index contributed by atoms with van der Waals surface area (Å²) in [6, 6.07) is 17.2. The molecular weight excluding hydrogens is 440 g/mol. The van der Waals surface area contributed by atoms with Crippen LogP contribution in [-0.4, -0.2) is 41.4 Å². The quantitative estimate of drug-likeness (QED) is 0.495. The highest BCUT2D eigenvalue weighted by atomic mass is 16.2. The van der Waals surface area contributed by atoms with E-state index >= 15 is 0 Å². The van der Waals surface area contributed by atoms with Crippen molar-refractivity contribution >= 4 is 40.5 Å². The number of nitrogens with zero attached hydrogens (tertiary/aromatic N) is 4. The molecule has 2 N–H and O–H groups in total. The average Bonchev–Trinajstić information content (AvgIpc) is 3.23. The van der Waals surface area contributed by atoms with Crippen molar-refractivity contribution < 1.29 is 9.59 Å². The molecule has 0 saturated carbocycles. The Kier molecular flexibility index (Phi) is 7.29. The molecule has 1 aliphatic heterocycles. The number of hydrogen-bond acceptors (Lipinski definition) is 6. The van der Waals surface area contributed by atoms with Crippen molar-refractivity contribution in [1.29, 1.82) is 0 Å². The average molecular weight is 473 g/mol. The molecule has 1 saturated heterocycles. The van der Waals surface area contributed by atoms with E-state index in [1.54, 1.807) is 4.90 Å². The minimum atomic E-state index is -0.385. The van der Waals surface area contributed by atoms with Crippen LogP contribution < -0.4 is 20.4 Å². The van der Waals surface area contributed by atoms with Crippen molar-refractivity contribution in [2.24, 2.45) is 5.92 Å². The molecule has 1 unspecified atom stereocenters. The highest BCUT2D eigenvalue weighted by molar-refractivity contribution is 6.03. The largest absolute Gasteiger partial charge is 0.357 e. The van der Waals surface area contributed by atoms with Gasteiger partial charge in [0.15, 0.2) is 0 Å². The van der Waals surface area contributed by atoms with E-state index in [0.29, 0.717) is 18.1 Å². The summed E-state index contributed by atoms with van der Waals surface area (Å²) < 4.78 is 0. The topological polar surface area (TPSA) is 90.5 Å². The second-order valence-corrected chi connectivity index (χ2v) is 8.76. The predicted molar refractivity (Wildman–Crippen MR) is 140 cm³/mol. The summed E-state index contributed by atoms with van der Waals surface area (Å²) in [5.74, 6) is 1.74. The molecule has 0 spiro atoms. The van der Waals surface area contributed by atoms with Gasteiger partial charge < -0.3 is 20.4 Å². The van der Waals surface area contributed by atoms with Gasteiger partial charge in [-0.2, -0.15) is 0 Å². The maximum absolute atomic E-state index is 12.8. The Bertz CT molecular complexity index is 1190. The van der Waals surface area contributed by atoms with Crippen LogP contribution in [0.4, 0.5) is 28.7 Å². The van der Waals surface area contributed by atoms with Gasteiger partial charge >= 0.3 is 0 Å². The number of anilines is 5. The molecule has 2 heterocycles. The van der Waals surface area contributed by atoms with E-state index in [1.807, 2.05) is 68.4 Å². The number of aromatic nitrogens is 2.